The molecular formula is C10H14O5. The van der Waals surface area contributed by atoms with Crippen LogP contribution in [0.3, 0.4) is 0 Å². The Balaban J connectivity index is 2.44. The van der Waals surface area contributed by atoms with Crippen molar-refractivity contribution in [2.45, 2.75) is 32.0 Å². The van der Waals surface area contributed by atoms with Crippen LogP contribution in [0.25, 0.3) is 0 Å². The maximum absolute atomic E-state index is 11.2. The summed E-state index contributed by atoms with van der Waals surface area (Å²) in [5, 5.41) is 0. The van der Waals surface area contributed by atoms with Crippen molar-refractivity contribution in [3.63, 3.8) is 0 Å². The lowest BCUT2D eigenvalue weighted by atomic mass is 10.0. The lowest BCUT2D eigenvalue weighted by molar-refractivity contribution is -0.151. The topological polar surface area (TPSA) is 61.8 Å². The SMILES string of the molecule is COC(=O)/C=C/OC1CC(C)(C)OC1=O. The molecule has 0 aliphatic carbocycles. The van der Waals surface area contributed by atoms with Gasteiger partial charge in [0.2, 0.25) is 0 Å². The van der Waals surface area contributed by atoms with Gasteiger partial charge in [-0.1, -0.05) is 0 Å². The molecule has 0 amide bonds. The molecule has 1 atom stereocenters. The molecule has 1 saturated heterocycles. The van der Waals surface area contributed by atoms with E-state index in [4.69, 9.17) is 9.47 Å². The molecule has 1 fully saturated rings. The number of hydrogen-bond acceptors (Lipinski definition) is 5. The number of ether oxygens (including phenoxy) is 3. The van der Waals surface area contributed by atoms with Gasteiger partial charge in [-0.2, -0.15) is 0 Å². The molecule has 0 N–H and O–H groups in total. The van der Waals surface area contributed by atoms with Crippen molar-refractivity contribution in [3.05, 3.63) is 12.3 Å². The molecule has 5 heteroatoms. The number of esters is 2. The van der Waals surface area contributed by atoms with Crippen LogP contribution in [0.4, 0.5) is 0 Å². The summed E-state index contributed by atoms with van der Waals surface area (Å²) in [6.07, 6.45) is 2.09. The van der Waals surface area contributed by atoms with E-state index in [1.807, 2.05) is 0 Å². The van der Waals surface area contributed by atoms with Crippen molar-refractivity contribution in [2.75, 3.05) is 7.11 Å². The summed E-state index contributed by atoms with van der Waals surface area (Å²) in [4.78, 5) is 21.9. The summed E-state index contributed by atoms with van der Waals surface area (Å²) >= 11 is 0. The van der Waals surface area contributed by atoms with Gasteiger partial charge in [-0.05, 0) is 13.8 Å². The van der Waals surface area contributed by atoms with Crippen molar-refractivity contribution in [1.82, 2.24) is 0 Å². The molecular weight excluding hydrogens is 200 g/mol. The Bertz CT molecular complexity index is 292. The third kappa shape index (κ3) is 3.27. The van der Waals surface area contributed by atoms with Crippen LogP contribution in [0.5, 0.6) is 0 Å². The molecule has 84 valence electrons. The summed E-state index contributed by atoms with van der Waals surface area (Å²) in [5.41, 5.74) is -0.499. The zero-order valence-electron chi connectivity index (χ0n) is 8.98. The van der Waals surface area contributed by atoms with E-state index in [1.165, 1.54) is 7.11 Å². The van der Waals surface area contributed by atoms with E-state index in [2.05, 4.69) is 4.74 Å². The third-order valence-corrected chi connectivity index (χ3v) is 1.96. The first-order chi connectivity index (χ1) is 6.94. The Labute approximate surface area is 88.0 Å². The van der Waals surface area contributed by atoms with Crippen molar-refractivity contribution in [3.8, 4) is 0 Å². The van der Waals surface area contributed by atoms with E-state index < -0.39 is 23.6 Å². The average molecular weight is 214 g/mol. The fourth-order valence-electron chi connectivity index (χ4n) is 1.27. The fourth-order valence-corrected chi connectivity index (χ4v) is 1.27. The van der Waals surface area contributed by atoms with Crippen molar-refractivity contribution < 1.29 is 23.8 Å². The zero-order valence-corrected chi connectivity index (χ0v) is 8.98. The van der Waals surface area contributed by atoms with Crippen LogP contribution in [-0.2, 0) is 23.8 Å². The van der Waals surface area contributed by atoms with Crippen molar-refractivity contribution in [2.24, 2.45) is 0 Å². The highest BCUT2D eigenvalue weighted by Crippen LogP contribution is 2.27. The molecule has 15 heavy (non-hydrogen) atoms. The Morgan fingerprint density at radius 3 is 2.73 bits per heavy atom. The monoisotopic (exact) mass is 214 g/mol. The van der Waals surface area contributed by atoms with Gasteiger partial charge in [-0.25, -0.2) is 9.59 Å². The minimum absolute atomic E-state index is 0.408. The first kappa shape index (κ1) is 11.6. The Hall–Kier alpha value is -1.52. The molecule has 0 bridgehead atoms. The molecule has 1 unspecified atom stereocenters. The van der Waals surface area contributed by atoms with Gasteiger partial charge in [0.1, 0.15) is 5.60 Å². The first-order valence-electron chi connectivity index (χ1n) is 4.57. The standard InChI is InChI=1S/C10H14O5/c1-10(2)6-7(9(12)15-10)14-5-4-8(11)13-3/h4-5,7H,6H2,1-3H3/b5-4+. The van der Waals surface area contributed by atoms with E-state index >= 15 is 0 Å². The predicted molar refractivity (Wildman–Crippen MR) is 50.8 cm³/mol. The average Bonchev–Trinajstić information content (AvgIpc) is 2.39. The first-order valence-corrected chi connectivity index (χ1v) is 4.57. The van der Waals surface area contributed by atoms with Crippen molar-refractivity contribution >= 4 is 11.9 Å². The van der Waals surface area contributed by atoms with Gasteiger partial charge in [-0.3, -0.25) is 0 Å². The van der Waals surface area contributed by atoms with E-state index in [1.54, 1.807) is 13.8 Å². The van der Waals surface area contributed by atoms with Gasteiger partial charge in [0, 0.05) is 6.42 Å². The quantitative estimate of drug-likeness (QED) is 0.395. The fraction of sp³-hybridized carbons (Fsp3) is 0.600. The summed E-state index contributed by atoms with van der Waals surface area (Å²) in [6.45, 7) is 3.61. The Morgan fingerprint density at radius 1 is 1.60 bits per heavy atom. The highest BCUT2D eigenvalue weighted by molar-refractivity contribution is 5.81. The molecule has 0 aromatic rings. The highest BCUT2D eigenvalue weighted by Gasteiger charge is 2.41. The zero-order chi connectivity index (χ0) is 11.5. The van der Waals surface area contributed by atoms with Crippen LogP contribution in [-0.4, -0.2) is 30.8 Å². The third-order valence-electron chi connectivity index (χ3n) is 1.96. The maximum atomic E-state index is 11.2. The lowest BCUT2D eigenvalue weighted by Crippen LogP contribution is -2.17. The Morgan fingerprint density at radius 2 is 2.27 bits per heavy atom. The largest absolute Gasteiger partial charge is 0.486 e. The number of rotatable bonds is 3. The van der Waals surface area contributed by atoms with Crippen LogP contribution in [0.1, 0.15) is 20.3 Å². The molecule has 0 saturated carbocycles. The molecule has 0 aromatic heterocycles. The molecule has 1 heterocycles. The van der Waals surface area contributed by atoms with Gasteiger partial charge >= 0.3 is 11.9 Å². The van der Waals surface area contributed by atoms with Crippen molar-refractivity contribution in [1.29, 1.82) is 0 Å². The molecule has 0 aromatic carbocycles. The number of methoxy groups -OCH3 is 1. The summed E-state index contributed by atoms with van der Waals surface area (Å²) in [7, 11) is 1.26. The normalized spacial score (nSPS) is 23.9. The summed E-state index contributed by atoms with van der Waals surface area (Å²) in [5.74, 6) is -0.935. The van der Waals surface area contributed by atoms with Gasteiger partial charge in [0.05, 0.1) is 19.4 Å². The molecule has 1 aliphatic heterocycles. The van der Waals surface area contributed by atoms with Gasteiger partial charge in [0.15, 0.2) is 6.10 Å². The number of hydrogen-bond donors (Lipinski definition) is 0. The molecule has 1 rings (SSSR count). The molecule has 0 radical (unpaired) electrons. The van der Waals surface area contributed by atoms with E-state index in [0.29, 0.717) is 6.42 Å². The lowest BCUT2D eigenvalue weighted by Gasteiger charge is -2.13. The minimum Gasteiger partial charge on any atom is -0.486 e. The van der Waals surface area contributed by atoms with Gasteiger partial charge in [-0.15, -0.1) is 0 Å². The number of carbonyl (C=O) groups excluding carboxylic acids is 2. The van der Waals surface area contributed by atoms with Crippen LogP contribution < -0.4 is 0 Å². The highest BCUT2D eigenvalue weighted by atomic mass is 16.6. The smallest absolute Gasteiger partial charge is 0.347 e. The Kier molecular flexibility index (Phi) is 3.34. The second-order valence-corrected chi connectivity index (χ2v) is 3.84. The predicted octanol–water partition coefficient (Wildman–Crippen LogP) is 0.784. The van der Waals surface area contributed by atoms with E-state index in [0.717, 1.165) is 12.3 Å². The second-order valence-electron chi connectivity index (χ2n) is 3.84. The van der Waals surface area contributed by atoms with Gasteiger partial charge in [0.25, 0.3) is 0 Å². The summed E-state index contributed by atoms with van der Waals surface area (Å²) in [6, 6.07) is 0. The van der Waals surface area contributed by atoms with Crippen LogP contribution >= 0.6 is 0 Å². The molecule has 0 spiro atoms. The van der Waals surface area contributed by atoms with Crippen LogP contribution in [0, 0.1) is 0 Å². The second kappa shape index (κ2) is 4.33. The minimum atomic E-state index is -0.638. The van der Waals surface area contributed by atoms with Crippen LogP contribution in [0.2, 0.25) is 0 Å². The number of carbonyl (C=O) groups is 2. The summed E-state index contributed by atoms with van der Waals surface area (Å²) < 4.78 is 14.5. The molecule has 5 nitrogen and oxygen atoms in total. The van der Waals surface area contributed by atoms with Crippen LogP contribution in [0.15, 0.2) is 12.3 Å². The van der Waals surface area contributed by atoms with E-state index in [-0.39, 0.29) is 0 Å². The molecule has 1 aliphatic rings. The number of cyclic esters (lactones) is 1. The maximum Gasteiger partial charge on any atom is 0.347 e. The van der Waals surface area contributed by atoms with E-state index in [9.17, 15) is 9.59 Å². The van der Waals surface area contributed by atoms with Gasteiger partial charge < -0.3 is 14.2 Å².